The number of carbonyl (C=O) groups excluding carboxylic acids is 2. The molecule has 0 fully saturated rings. The van der Waals surface area contributed by atoms with Gasteiger partial charge in [0.25, 0.3) is 0 Å². The zero-order chi connectivity index (χ0) is 29.6. The number of nitrogens with one attached hydrogen (secondary N) is 1. The molecule has 8 aromatic rings. The molecule has 8 rings (SSSR count). The Morgan fingerprint density at radius 2 is 0.977 bits per heavy atom. The van der Waals surface area contributed by atoms with Crippen LogP contribution in [0.15, 0.2) is 138 Å². The molecule has 0 radical (unpaired) electrons. The van der Waals surface area contributed by atoms with Gasteiger partial charge in [0, 0.05) is 32.6 Å². The van der Waals surface area contributed by atoms with Crippen molar-refractivity contribution < 1.29 is 9.59 Å². The highest BCUT2D eigenvalue weighted by Gasteiger charge is 2.12. The van der Waals surface area contributed by atoms with Gasteiger partial charge in [0.2, 0.25) is 0 Å². The number of pyridine rings is 2. The van der Waals surface area contributed by atoms with Crippen LogP contribution in [0.5, 0.6) is 0 Å². The number of aromatic nitrogens is 4. The number of aromatic amines is 1. The Morgan fingerprint density at radius 3 is 1.49 bits per heavy atom. The predicted octanol–water partition coefficient (Wildman–Crippen LogP) is 8.97. The van der Waals surface area contributed by atoms with E-state index in [-0.39, 0.29) is 0 Å². The summed E-state index contributed by atoms with van der Waals surface area (Å²) in [7, 11) is 0. The van der Waals surface area contributed by atoms with E-state index in [1.165, 1.54) is 32.6 Å². The van der Waals surface area contributed by atoms with Gasteiger partial charge in [0.1, 0.15) is 21.8 Å². The van der Waals surface area contributed by atoms with E-state index in [1.807, 2.05) is 36.4 Å². The third kappa shape index (κ3) is 5.84. The summed E-state index contributed by atoms with van der Waals surface area (Å²) in [6, 6.07) is 43.9. The minimum Gasteiger partial charge on any atom is -0.355 e. The van der Waals surface area contributed by atoms with Crippen LogP contribution in [0, 0.1) is 0 Å². The minimum absolute atomic E-state index is 0.439. The van der Waals surface area contributed by atoms with Gasteiger partial charge in [-0.2, -0.15) is 0 Å². The fraction of sp³-hybridized carbons (Fsp3) is 0. The van der Waals surface area contributed by atoms with E-state index in [9.17, 15) is 9.59 Å². The van der Waals surface area contributed by atoms with Crippen molar-refractivity contribution in [2.75, 3.05) is 0 Å². The van der Waals surface area contributed by atoms with Gasteiger partial charge in [0.05, 0.1) is 11.0 Å². The number of carbonyl (C=O) groups is 2. The van der Waals surface area contributed by atoms with Crippen LogP contribution in [-0.2, 0) is 0 Å². The summed E-state index contributed by atoms with van der Waals surface area (Å²) in [5.41, 5.74) is 5.50. The quantitative estimate of drug-likeness (QED) is 0.157. The number of aldehydes is 2. The van der Waals surface area contributed by atoms with E-state index in [2.05, 4.69) is 108 Å². The minimum atomic E-state index is 0.439. The Hall–Kier alpha value is -5.40. The molecular formula is C36H25BrN4O2. The van der Waals surface area contributed by atoms with Crippen molar-refractivity contribution in [2.24, 2.45) is 0 Å². The van der Waals surface area contributed by atoms with E-state index < -0.39 is 0 Å². The van der Waals surface area contributed by atoms with Gasteiger partial charge in [-0.15, -0.1) is 0 Å². The predicted molar refractivity (Wildman–Crippen MR) is 177 cm³/mol. The Labute approximate surface area is 255 Å². The van der Waals surface area contributed by atoms with Crippen LogP contribution in [0.1, 0.15) is 21.0 Å². The van der Waals surface area contributed by atoms with Gasteiger partial charge in [0.15, 0.2) is 12.6 Å². The second-order valence-corrected chi connectivity index (χ2v) is 10.4. The van der Waals surface area contributed by atoms with E-state index in [0.717, 1.165) is 23.1 Å². The summed E-state index contributed by atoms with van der Waals surface area (Å²) in [6.45, 7) is 0. The first-order valence-corrected chi connectivity index (χ1v) is 14.4. The molecule has 1 N–H and O–H groups in total. The third-order valence-electron chi connectivity index (χ3n) is 6.96. The molecule has 4 heterocycles. The number of hydrogen-bond donors (Lipinski definition) is 1. The lowest BCUT2D eigenvalue weighted by Gasteiger charge is -2.06. The zero-order valence-corrected chi connectivity index (χ0v) is 24.5. The lowest BCUT2D eigenvalue weighted by Crippen LogP contribution is -1.99. The second-order valence-electron chi connectivity index (χ2n) is 9.63. The van der Waals surface area contributed by atoms with Crippen molar-refractivity contribution in [3.8, 4) is 5.82 Å². The summed E-state index contributed by atoms with van der Waals surface area (Å²) >= 11 is 3.13. The summed E-state index contributed by atoms with van der Waals surface area (Å²) in [4.78, 5) is 32.7. The lowest BCUT2D eigenvalue weighted by molar-refractivity contribution is 0.111. The molecule has 7 heteroatoms. The number of benzene rings is 4. The largest absolute Gasteiger partial charge is 0.355 e. The van der Waals surface area contributed by atoms with Gasteiger partial charge in [-0.3, -0.25) is 14.2 Å². The van der Waals surface area contributed by atoms with Gasteiger partial charge in [-0.1, -0.05) is 84.9 Å². The van der Waals surface area contributed by atoms with Crippen molar-refractivity contribution >= 4 is 72.1 Å². The monoisotopic (exact) mass is 624 g/mol. The molecule has 6 nitrogen and oxygen atoms in total. The molecule has 43 heavy (non-hydrogen) atoms. The Bertz CT molecular complexity index is 2110. The lowest BCUT2D eigenvalue weighted by atomic mass is 10.2. The van der Waals surface area contributed by atoms with Gasteiger partial charge >= 0.3 is 0 Å². The van der Waals surface area contributed by atoms with Crippen LogP contribution < -0.4 is 0 Å². The zero-order valence-electron chi connectivity index (χ0n) is 22.9. The number of nitrogens with zero attached hydrogens (tertiary/aromatic N) is 3. The fourth-order valence-electron chi connectivity index (χ4n) is 5.09. The molecular weight excluding hydrogens is 600 g/mol. The maximum Gasteiger partial charge on any atom is 0.168 e. The van der Waals surface area contributed by atoms with Gasteiger partial charge in [-0.25, -0.2) is 9.97 Å². The maximum atomic E-state index is 11.0. The molecule has 208 valence electrons. The molecule has 0 aliphatic rings. The number of hydrogen-bond acceptors (Lipinski definition) is 4. The number of fused-ring (bicyclic) bond motifs is 6. The first-order chi connectivity index (χ1) is 21.2. The molecule has 0 aliphatic carbocycles. The molecule has 4 aromatic heterocycles. The molecule has 0 aliphatic heterocycles. The Morgan fingerprint density at radius 1 is 0.512 bits per heavy atom. The Kier molecular flexibility index (Phi) is 8.15. The van der Waals surface area contributed by atoms with Crippen LogP contribution in [0.2, 0.25) is 0 Å². The molecule has 4 aromatic carbocycles. The smallest absolute Gasteiger partial charge is 0.168 e. The highest BCUT2D eigenvalue weighted by molar-refractivity contribution is 9.10. The number of halogens is 1. The van der Waals surface area contributed by atoms with E-state index in [4.69, 9.17) is 0 Å². The molecule has 0 saturated carbocycles. The maximum absolute atomic E-state index is 11.0. The number of rotatable bonds is 3. The Balaban J connectivity index is 0.000000127. The average Bonchev–Trinajstić information content (AvgIpc) is 3.61. The SMILES string of the molecule is O=Cc1cccc(-n2c3ccccc3c3ccccc32)n1.O=Cc1cccc(Br)n1.c1ccc2c(c1)[nH]c1ccccc12. The van der Waals surface area contributed by atoms with Crippen LogP contribution in [0.25, 0.3) is 49.4 Å². The van der Waals surface area contributed by atoms with Gasteiger partial charge in [-0.05, 0) is 64.5 Å². The van der Waals surface area contributed by atoms with Crippen molar-refractivity contribution in [1.82, 2.24) is 19.5 Å². The highest BCUT2D eigenvalue weighted by atomic mass is 79.9. The molecule has 0 saturated heterocycles. The van der Waals surface area contributed by atoms with E-state index in [0.29, 0.717) is 22.3 Å². The topological polar surface area (TPSA) is 80.6 Å². The number of para-hydroxylation sites is 4. The summed E-state index contributed by atoms with van der Waals surface area (Å²) in [6.07, 6.45) is 1.49. The molecule has 0 amide bonds. The van der Waals surface area contributed by atoms with E-state index >= 15 is 0 Å². The third-order valence-corrected chi connectivity index (χ3v) is 7.40. The molecule has 0 spiro atoms. The molecule has 0 bridgehead atoms. The van der Waals surface area contributed by atoms with Crippen molar-refractivity contribution in [1.29, 1.82) is 0 Å². The van der Waals surface area contributed by atoms with Crippen LogP contribution in [-0.4, -0.2) is 32.1 Å². The first kappa shape index (κ1) is 27.8. The standard InChI is InChI=1S/C18H12N2O.C12H9N.C6H4BrNO/c21-12-13-6-5-11-18(19-13)20-16-9-3-1-7-14(16)15-8-2-4-10-17(15)20;1-3-7-11-9(5-1)10-6-2-4-8-12(10)13-11;7-6-3-1-2-5(4-9)8-6/h1-12H;1-8,13H;1-4H. The molecule has 0 atom stereocenters. The van der Waals surface area contributed by atoms with Gasteiger partial charge < -0.3 is 4.98 Å². The van der Waals surface area contributed by atoms with Crippen molar-refractivity contribution in [3.05, 3.63) is 149 Å². The van der Waals surface area contributed by atoms with Crippen LogP contribution in [0.3, 0.4) is 0 Å². The first-order valence-electron chi connectivity index (χ1n) is 13.6. The van der Waals surface area contributed by atoms with Crippen LogP contribution >= 0.6 is 15.9 Å². The second kappa shape index (κ2) is 12.6. The average molecular weight is 626 g/mol. The summed E-state index contributed by atoms with van der Waals surface area (Å²) < 4.78 is 2.78. The van der Waals surface area contributed by atoms with Crippen molar-refractivity contribution in [3.63, 3.8) is 0 Å². The van der Waals surface area contributed by atoms with E-state index in [1.54, 1.807) is 24.3 Å². The highest BCUT2D eigenvalue weighted by Crippen LogP contribution is 2.31. The fourth-order valence-corrected chi connectivity index (χ4v) is 5.45. The van der Waals surface area contributed by atoms with Crippen LogP contribution in [0.4, 0.5) is 0 Å². The number of H-pyrrole nitrogens is 1. The normalized spacial score (nSPS) is 10.6. The van der Waals surface area contributed by atoms with Crippen molar-refractivity contribution in [2.45, 2.75) is 0 Å². The summed E-state index contributed by atoms with van der Waals surface area (Å²) in [5, 5.41) is 4.98. The summed E-state index contributed by atoms with van der Waals surface area (Å²) in [5.74, 6) is 0.761. The molecule has 0 unspecified atom stereocenters.